The van der Waals surface area contributed by atoms with Crippen molar-refractivity contribution in [1.29, 1.82) is 0 Å². The summed E-state index contributed by atoms with van der Waals surface area (Å²) in [5.41, 5.74) is -1.82. The van der Waals surface area contributed by atoms with Gasteiger partial charge in [0.2, 0.25) is 6.29 Å². The second-order valence-electron chi connectivity index (χ2n) is 23.0. The maximum absolute atomic E-state index is 14.7. The lowest BCUT2D eigenvalue weighted by Crippen LogP contribution is -2.67. The monoisotopic (exact) mass is 913 g/mol. The van der Waals surface area contributed by atoms with Crippen molar-refractivity contribution in [1.82, 2.24) is 0 Å². The molecule has 23 atom stereocenters. The van der Waals surface area contributed by atoms with Crippen molar-refractivity contribution in [3.05, 3.63) is 11.6 Å². The van der Waals surface area contributed by atoms with Crippen molar-refractivity contribution >= 4 is 5.97 Å². The fraction of sp³-hybridized carbons (Fsp3) is 0.936. The minimum Gasteiger partial charge on any atom is -0.432 e. The van der Waals surface area contributed by atoms with E-state index in [1.165, 1.54) is 6.92 Å². The number of carbonyl (C=O) groups excluding carboxylic acids is 1. The molecule has 4 saturated carbocycles. The van der Waals surface area contributed by atoms with E-state index in [9.17, 15) is 55.9 Å². The summed E-state index contributed by atoms with van der Waals surface area (Å²) in [7, 11) is 0. The second-order valence-corrected chi connectivity index (χ2v) is 23.0. The molecule has 366 valence electrons. The van der Waals surface area contributed by atoms with E-state index in [1.54, 1.807) is 0 Å². The zero-order chi connectivity index (χ0) is 46.9. The molecule has 0 amide bonds. The molecule has 17 heteroatoms. The van der Waals surface area contributed by atoms with Crippen LogP contribution in [0.1, 0.15) is 113 Å². The van der Waals surface area contributed by atoms with Gasteiger partial charge >= 0.3 is 5.97 Å². The van der Waals surface area contributed by atoms with Gasteiger partial charge in [-0.3, -0.25) is 4.79 Å². The number of esters is 1. The summed E-state index contributed by atoms with van der Waals surface area (Å²) in [4.78, 5) is 14.7. The number of aliphatic hydroxyl groups is 10. The predicted octanol–water partition coefficient (Wildman–Crippen LogP) is 0.778. The van der Waals surface area contributed by atoms with E-state index in [1.807, 2.05) is 13.8 Å². The summed E-state index contributed by atoms with van der Waals surface area (Å²) in [6.07, 6.45) is -12.9. The Morgan fingerprint density at radius 3 is 2.05 bits per heavy atom. The lowest BCUT2D eigenvalue weighted by Gasteiger charge is -2.71. The number of ether oxygens (including phenoxy) is 6. The van der Waals surface area contributed by atoms with Crippen LogP contribution in [-0.4, -0.2) is 168 Å². The molecule has 3 saturated heterocycles. The second kappa shape index (κ2) is 16.9. The molecule has 10 N–H and O–H groups in total. The molecular formula is C47H76O17. The van der Waals surface area contributed by atoms with Gasteiger partial charge in [0.25, 0.3) is 0 Å². The number of hydrogen-bond acceptors (Lipinski definition) is 17. The fourth-order valence-corrected chi connectivity index (χ4v) is 14.7. The highest BCUT2D eigenvalue weighted by atomic mass is 16.8. The van der Waals surface area contributed by atoms with Crippen LogP contribution >= 0.6 is 0 Å². The van der Waals surface area contributed by atoms with Gasteiger partial charge in [-0.05, 0) is 104 Å². The topological polar surface area (TPSA) is 275 Å². The van der Waals surface area contributed by atoms with Gasteiger partial charge in [0.05, 0.1) is 36.9 Å². The Hall–Kier alpha value is -1.39. The molecule has 64 heavy (non-hydrogen) atoms. The molecule has 3 heterocycles. The standard InChI is InChI=1S/C47H76O17/c1-21-29(50)32(53)34(55)38(60-21)63-36-30(51)23(49)20-59-40(36)62-27-12-13-44(6)25(43(27,4)5)11-14-46(8)26(44)10-9-22-28-37(57)42(2,3)15-17-47(28,18-16-45(22,46)7)41(58)64-39-35(56)33(54)31(52)24(19-48)61-39/h9,21,23-40,48-57H,10-20H2,1-8H3/t21-,23-,24+,25-,26-,27-,28+,29-,30-,31+,32+,33-,34+,35+,36+,37-,38-,39-,40-,44-,45+,46+,47-/m0/s1. The molecule has 7 fully saturated rings. The third kappa shape index (κ3) is 7.31. The Kier molecular flexibility index (Phi) is 13.0. The Bertz CT molecular complexity index is 1760. The SMILES string of the molecule is C[C@@H]1O[C@@H](O[C@H]2[C@H](O[C@H]3CC[C@@]4(C)[C@@H](CC[C@]5(C)[C@H]4CC=C4[C@@H]6[C@H](O)C(C)(C)CC[C@]6(C(=O)O[C@@H]6O[C@H](CO)[C@@H](O)[C@H](O)[C@H]6O)CC[C@]45C)C3(C)C)OC[C@H](O)[C@@H]2O)[C@H](O)[C@H](O)[C@H]1O. The molecule has 17 nitrogen and oxygen atoms in total. The number of allylic oxidation sites excluding steroid dienone is 1. The summed E-state index contributed by atoms with van der Waals surface area (Å²) in [5, 5.41) is 107. The summed E-state index contributed by atoms with van der Waals surface area (Å²) >= 11 is 0. The van der Waals surface area contributed by atoms with Crippen molar-refractivity contribution in [2.24, 2.45) is 50.2 Å². The number of hydrogen-bond donors (Lipinski definition) is 10. The fourth-order valence-electron chi connectivity index (χ4n) is 14.7. The van der Waals surface area contributed by atoms with E-state index in [4.69, 9.17) is 28.4 Å². The summed E-state index contributed by atoms with van der Waals surface area (Å²) in [6, 6.07) is 0. The maximum atomic E-state index is 14.7. The Labute approximate surface area is 376 Å². The number of carbonyl (C=O) groups is 1. The molecule has 0 unspecified atom stereocenters. The quantitative estimate of drug-likeness (QED) is 0.0960. The predicted molar refractivity (Wildman–Crippen MR) is 224 cm³/mol. The molecule has 8 rings (SSSR count). The minimum absolute atomic E-state index is 0.158. The van der Waals surface area contributed by atoms with E-state index in [0.29, 0.717) is 32.1 Å². The molecule has 0 aromatic heterocycles. The third-order valence-corrected chi connectivity index (χ3v) is 19.1. The van der Waals surface area contributed by atoms with Crippen LogP contribution < -0.4 is 0 Å². The van der Waals surface area contributed by atoms with Crippen molar-refractivity contribution < 1.29 is 84.3 Å². The van der Waals surface area contributed by atoms with Crippen LogP contribution in [0, 0.1) is 50.2 Å². The van der Waals surface area contributed by atoms with Crippen molar-refractivity contribution in [2.75, 3.05) is 13.2 Å². The van der Waals surface area contributed by atoms with Crippen LogP contribution in [0.25, 0.3) is 0 Å². The average Bonchev–Trinajstić information content (AvgIpc) is 3.24. The average molecular weight is 913 g/mol. The first-order valence-corrected chi connectivity index (χ1v) is 23.7. The number of rotatable bonds is 7. The van der Waals surface area contributed by atoms with Crippen LogP contribution in [0.5, 0.6) is 0 Å². The molecule has 0 spiro atoms. The third-order valence-electron chi connectivity index (χ3n) is 19.1. The molecule has 0 aromatic carbocycles. The van der Waals surface area contributed by atoms with Crippen molar-refractivity contribution in [2.45, 2.75) is 211 Å². The van der Waals surface area contributed by atoms with Gasteiger partial charge in [-0.15, -0.1) is 0 Å². The highest BCUT2D eigenvalue weighted by Crippen LogP contribution is 2.76. The lowest BCUT2D eigenvalue weighted by atomic mass is 9.33. The van der Waals surface area contributed by atoms with E-state index in [2.05, 4.69) is 40.7 Å². The molecular weight excluding hydrogens is 837 g/mol. The minimum atomic E-state index is -1.74. The van der Waals surface area contributed by atoms with Crippen LogP contribution in [0.15, 0.2) is 11.6 Å². The van der Waals surface area contributed by atoms with Gasteiger partial charge in [0.1, 0.15) is 61.0 Å². The van der Waals surface area contributed by atoms with E-state index in [0.717, 1.165) is 31.3 Å². The highest BCUT2D eigenvalue weighted by Gasteiger charge is 2.71. The van der Waals surface area contributed by atoms with Gasteiger partial charge in [0, 0.05) is 5.92 Å². The van der Waals surface area contributed by atoms with Gasteiger partial charge in [-0.25, -0.2) is 0 Å². The first kappa shape index (κ1) is 49.0. The zero-order valence-corrected chi connectivity index (χ0v) is 38.7. The van der Waals surface area contributed by atoms with Crippen LogP contribution in [0.2, 0.25) is 0 Å². The van der Waals surface area contributed by atoms with Crippen LogP contribution in [0.4, 0.5) is 0 Å². The molecule has 0 radical (unpaired) electrons. The number of fused-ring (bicyclic) bond motifs is 7. The molecule has 8 aliphatic rings. The Morgan fingerprint density at radius 2 is 1.36 bits per heavy atom. The van der Waals surface area contributed by atoms with E-state index in [-0.39, 0.29) is 35.4 Å². The van der Waals surface area contributed by atoms with Crippen molar-refractivity contribution in [3.63, 3.8) is 0 Å². The summed E-state index contributed by atoms with van der Waals surface area (Å²) in [5.74, 6) is -0.812. The Morgan fingerprint density at radius 1 is 0.703 bits per heavy atom. The molecule has 3 aliphatic heterocycles. The first-order chi connectivity index (χ1) is 29.8. The highest BCUT2D eigenvalue weighted by molar-refractivity contribution is 5.79. The van der Waals surface area contributed by atoms with Gasteiger partial charge in [0.15, 0.2) is 12.6 Å². The van der Waals surface area contributed by atoms with Crippen LogP contribution in [-0.2, 0) is 33.2 Å². The number of aliphatic hydroxyl groups excluding tert-OH is 10. The first-order valence-electron chi connectivity index (χ1n) is 23.7. The van der Waals surface area contributed by atoms with Crippen molar-refractivity contribution in [3.8, 4) is 0 Å². The van der Waals surface area contributed by atoms with Gasteiger partial charge in [-0.2, -0.15) is 0 Å². The van der Waals surface area contributed by atoms with E-state index >= 15 is 0 Å². The molecule has 5 aliphatic carbocycles. The van der Waals surface area contributed by atoms with E-state index < -0.39 is 132 Å². The smallest absolute Gasteiger partial charge is 0.315 e. The van der Waals surface area contributed by atoms with Crippen LogP contribution in [0.3, 0.4) is 0 Å². The molecule has 0 bridgehead atoms. The summed E-state index contributed by atoms with van der Waals surface area (Å²) in [6.45, 7) is 16.2. The lowest BCUT2D eigenvalue weighted by molar-refractivity contribution is -0.364. The Balaban J connectivity index is 1.05. The molecule has 0 aromatic rings. The van der Waals surface area contributed by atoms with Gasteiger partial charge in [-0.1, -0.05) is 60.1 Å². The summed E-state index contributed by atoms with van der Waals surface area (Å²) < 4.78 is 36.1. The normalized spacial score (nSPS) is 54.6. The maximum Gasteiger partial charge on any atom is 0.315 e. The van der Waals surface area contributed by atoms with Gasteiger partial charge < -0.3 is 79.5 Å². The largest absolute Gasteiger partial charge is 0.432 e. The zero-order valence-electron chi connectivity index (χ0n) is 38.7.